The lowest BCUT2D eigenvalue weighted by molar-refractivity contribution is -0.141. The Kier molecular flexibility index (Phi) is 10.6. The first kappa shape index (κ1) is 27.6. The summed E-state index contributed by atoms with van der Waals surface area (Å²) in [6.07, 6.45) is 1.15. The molecule has 190 valence electrons. The fourth-order valence-corrected chi connectivity index (χ4v) is 4.34. The molecule has 0 heterocycles. The second-order valence-electron chi connectivity index (χ2n) is 8.62. The summed E-state index contributed by atoms with van der Waals surface area (Å²) in [4.78, 5) is 28.3. The lowest BCUT2D eigenvalue weighted by atomic mass is 10.0. The van der Waals surface area contributed by atoms with Crippen LogP contribution < -0.4 is 10.1 Å². The highest BCUT2D eigenvalue weighted by atomic mass is 35.5. The minimum atomic E-state index is -0.690. The van der Waals surface area contributed by atoms with Crippen molar-refractivity contribution >= 4 is 35.0 Å². The number of amides is 2. The highest BCUT2D eigenvalue weighted by Gasteiger charge is 2.30. The predicted molar refractivity (Wildman–Crippen MR) is 146 cm³/mol. The van der Waals surface area contributed by atoms with Gasteiger partial charge in [-0.3, -0.25) is 9.59 Å². The molecule has 3 aromatic rings. The zero-order chi connectivity index (χ0) is 25.9. The van der Waals surface area contributed by atoms with E-state index in [0.29, 0.717) is 36.0 Å². The van der Waals surface area contributed by atoms with Gasteiger partial charge in [0.1, 0.15) is 11.8 Å². The summed E-state index contributed by atoms with van der Waals surface area (Å²) in [6.45, 7) is 4.95. The Labute approximate surface area is 223 Å². The zero-order valence-electron chi connectivity index (χ0n) is 20.7. The van der Waals surface area contributed by atoms with E-state index in [1.54, 1.807) is 23.1 Å². The van der Waals surface area contributed by atoms with Gasteiger partial charge in [-0.1, -0.05) is 77.3 Å². The van der Waals surface area contributed by atoms with Crippen molar-refractivity contribution in [2.75, 3.05) is 13.2 Å². The van der Waals surface area contributed by atoms with E-state index in [-0.39, 0.29) is 24.8 Å². The second kappa shape index (κ2) is 13.9. The van der Waals surface area contributed by atoms with Crippen LogP contribution in [0, 0.1) is 6.92 Å². The standard InChI is InChI=1S/C29H32Cl2N2O3/c1-3-32-29(35)27(18-22-8-5-4-6-9-22)33(20-23-13-14-24(30)19-26(23)31)28(34)10-7-17-36-25-15-11-21(2)12-16-25/h4-6,8-9,11-16,19,27H,3,7,10,17-18,20H2,1-2H3,(H,32,35)/t27-/m1/s1. The smallest absolute Gasteiger partial charge is 0.243 e. The number of benzene rings is 3. The molecule has 0 unspecified atom stereocenters. The third kappa shape index (κ3) is 8.28. The zero-order valence-corrected chi connectivity index (χ0v) is 22.2. The first-order valence-electron chi connectivity index (χ1n) is 12.1. The second-order valence-corrected chi connectivity index (χ2v) is 9.47. The van der Waals surface area contributed by atoms with Gasteiger partial charge in [-0.2, -0.15) is 0 Å². The highest BCUT2D eigenvalue weighted by molar-refractivity contribution is 6.35. The Morgan fingerprint density at radius 1 is 1.00 bits per heavy atom. The average molecular weight is 527 g/mol. The van der Waals surface area contributed by atoms with Crippen molar-refractivity contribution < 1.29 is 14.3 Å². The first-order chi connectivity index (χ1) is 17.4. The molecule has 0 bridgehead atoms. The summed E-state index contributed by atoms with van der Waals surface area (Å²) in [6, 6.07) is 22.0. The third-order valence-electron chi connectivity index (χ3n) is 5.80. The number of carbonyl (C=O) groups is 2. The molecule has 3 aromatic carbocycles. The van der Waals surface area contributed by atoms with Crippen LogP contribution in [-0.4, -0.2) is 35.9 Å². The van der Waals surface area contributed by atoms with Crippen LogP contribution in [0.2, 0.25) is 10.0 Å². The quantitative estimate of drug-likeness (QED) is 0.284. The molecule has 7 heteroatoms. The SMILES string of the molecule is CCNC(=O)[C@@H](Cc1ccccc1)N(Cc1ccc(Cl)cc1Cl)C(=O)CCCOc1ccc(C)cc1. The van der Waals surface area contributed by atoms with Crippen LogP contribution in [0.3, 0.4) is 0 Å². The van der Waals surface area contributed by atoms with Gasteiger partial charge in [0, 0.05) is 36.0 Å². The van der Waals surface area contributed by atoms with Crippen molar-refractivity contribution in [2.24, 2.45) is 0 Å². The topological polar surface area (TPSA) is 58.6 Å². The molecule has 0 radical (unpaired) electrons. The van der Waals surface area contributed by atoms with Crippen LogP contribution >= 0.6 is 23.2 Å². The predicted octanol–water partition coefficient (Wildman–Crippen LogP) is 6.24. The van der Waals surface area contributed by atoms with E-state index in [9.17, 15) is 9.59 Å². The van der Waals surface area contributed by atoms with Crippen LogP contribution in [0.15, 0.2) is 72.8 Å². The molecule has 0 aliphatic rings. The molecule has 36 heavy (non-hydrogen) atoms. The minimum Gasteiger partial charge on any atom is -0.494 e. The van der Waals surface area contributed by atoms with E-state index in [1.807, 2.05) is 68.4 Å². The Morgan fingerprint density at radius 3 is 2.39 bits per heavy atom. The van der Waals surface area contributed by atoms with E-state index in [2.05, 4.69) is 5.32 Å². The Hall–Kier alpha value is -3.02. The number of likely N-dealkylation sites (N-methyl/N-ethyl adjacent to an activating group) is 1. The third-order valence-corrected chi connectivity index (χ3v) is 6.39. The van der Waals surface area contributed by atoms with Crippen molar-refractivity contribution in [1.29, 1.82) is 0 Å². The summed E-state index contributed by atoms with van der Waals surface area (Å²) in [7, 11) is 0. The average Bonchev–Trinajstić information content (AvgIpc) is 2.87. The molecule has 3 rings (SSSR count). The van der Waals surface area contributed by atoms with Gasteiger partial charge in [0.25, 0.3) is 0 Å². The minimum absolute atomic E-state index is 0.138. The van der Waals surface area contributed by atoms with Crippen LogP contribution in [0.5, 0.6) is 5.75 Å². The lowest BCUT2D eigenvalue weighted by Gasteiger charge is -2.32. The number of halogens is 2. The number of hydrogen-bond acceptors (Lipinski definition) is 3. The number of carbonyl (C=O) groups excluding carboxylic acids is 2. The van der Waals surface area contributed by atoms with Gasteiger partial charge < -0.3 is 15.0 Å². The number of ether oxygens (including phenoxy) is 1. The molecule has 5 nitrogen and oxygen atoms in total. The van der Waals surface area contributed by atoms with Crippen molar-refractivity contribution in [3.05, 3.63) is 99.5 Å². The van der Waals surface area contributed by atoms with E-state index in [0.717, 1.165) is 22.4 Å². The van der Waals surface area contributed by atoms with E-state index in [1.165, 1.54) is 0 Å². The normalized spacial score (nSPS) is 11.6. The van der Waals surface area contributed by atoms with Gasteiger partial charge in [-0.05, 0) is 55.7 Å². The Bertz CT molecular complexity index is 1140. The summed E-state index contributed by atoms with van der Waals surface area (Å²) in [5.74, 6) is 0.429. The first-order valence-corrected chi connectivity index (χ1v) is 12.9. The van der Waals surface area contributed by atoms with Crippen molar-refractivity contribution in [1.82, 2.24) is 10.2 Å². The molecule has 0 aromatic heterocycles. The van der Waals surface area contributed by atoms with E-state index < -0.39 is 6.04 Å². The molecular weight excluding hydrogens is 495 g/mol. The summed E-state index contributed by atoms with van der Waals surface area (Å²) in [5, 5.41) is 3.86. The number of aryl methyl sites for hydroxylation is 1. The summed E-state index contributed by atoms with van der Waals surface area (Å²) in [5.41, 5.74) is 2.85. The fourth-order valence-electron chi connectivity index (χ4n) is 3.87. The van der Waals surface area contributed by atoms with Crippen molar-refractivity contribution in [3.8, 4) is 5.75 Å². The Morgan fingerprint density at radius 2 is 1.72 bits per heavy atom. The Balaban J connectivity index is 1.79. The maximum atomic E-state index is 13.5. The summed E-state index contributed by atoms with van der Waals surface area (Å²) >= 11 is 12.5. The van der Waals surface area contributed by atoms with Crippen molar-refractivity contribution in [2.45, 2.75) is 45.7 Å². The van der Waals surface area contributed by atoms with Gasteiger partial charge in [0.2, 0.25) is 11.8 Å². The molecular formula is C29H32Cl2N2O3. The van der Waals surface area contributed by atoms with Gasteiger partial charge in [-0.25, -0.2) is 0 Å². The van der Waals surface area contributed by atoms with Gasteiger partial charge in [0.05, 0.1) is 6.61 Å². The molecule has 2 amide bonds. The molecule has 1 N–H and O–H groups in total. The van der Waals surface area contributed by atoms with Crippen LogP contribution in [0.25, 0.3) is 0 Å². The van der Waals surface area contributed by atoms with E-state index in [4.69, 9.17) is 27.9 Å². The molecule has 1 atom stereocenters. The molecule has 0 saturated heterocycles. The molecule has 0 aliphatic carbocycles. The maximum absolute atomic E-state index is 13.5. The molecule has 0 aliphatic heterocycles. The highest BCUT2D eigenvalue weighted by Crippen LogP contribution is 2.24. The number of hydrogen-bond donors (Lipinski definition) is 1. The largest absolute Gasteiger partial charge is 0.494 e. The summed E-state index contributed by atoms with van der Waals surface area (Å²) < 4.78 is 5.80. The molecule has 0 saturated carbocycles. The van der Waals surface area contributed by atoms with Crippen LogP contribution in [0.4, 0.5) is 0 Å². The van der Waals surface area contributed by atoms with Gasteiger partial charge in [-0.15, -0.1) is 0 Å². The van der Waals surface area contributed by atoms with Gasteiger partial charge in [0.15, 0.2) is 0 Å². The number of nitrogens with zero attached hydrogens (tertiary/aromatic N) is 1. The lowest BCUT2D eigenvalue weighted by Crippen LogP contribution is -2.50. The van der Waals surface area contributed by atoms with E-state index >= 15 is 0 Å². The molecule has 0 spiro atoms. The van der Waals surface area contributed by atoms with Crippen molar-refractivity contribution in [3.63, 3.8) is 0 Å². The number of nitrogens with one attached hydrogen (secondary N) is 1. The van der Waals surface area contributed by atoms with Crippen LogP contribution in [0.1, 0.15) is 36.5 Å². The fraction of sp³-hybridized carbons (Fsp3) is 0.310. The monoisotopic (exact) mass is 526 g/mol. The maximum Gasteiger partial charge on any atom is 0.243 e. The van der Waals surface area contributed by atoms with Gasteiger partial charge >= 0.3 is 0 Å². The molecule has 0 fully saturated rings. The van der Waals surface area contributed by atoms with Crippen LogP contribution in [-0.2, 0) is 22.6 Å². The number of rotatable bonds is 12.